The van der Waals surface area contributed by atoms with Crippen LogP contribution in [0.5, 0.6) is 0 Å². The Bertz CT molecular complexity index is 1080. The van der Waals surface area contributed by atoms with E-state index in [1.54, 1.807) is 6.07 Å². The molecule has 1 amide bonds. The van der Waals surface area contributed by atoms with E-state index in [1.165, 1.54) is 22.3 Å². The molecule has 2 aromatic carbocycles. The van der Waals surface area contributed by atoms with Gasteiger partial charge in [-0.2, -0.15) is 0 Å². The fourth-order valence-corrected chi connectivity index (χ4v) is 3.59. The monoisotopic (exact) mass is 388 g/mol. The van der Waals surface area contributed by atoms with Gasteiger partial charge in [-0.15, -0.1) is 11.3 Å². The molecule has 3 N–H and O–H groups in total. The Morgan fingerprint density at radius 1 is 1.00 bits per heavy atom. The molecule has 6 heteroatoms. The zero-order chi connectivity index (χ0) is 19.2. The van der Waals surface area contributed by atoms with Crippen molar-refractivity contribution in [1.29, 1.82) is 0 Å². The first kappa shape index (κ1) is 18.0. The van der Waals surface area contributed by atoms with Gasteiger partial charge in [0.15, 0.2) is 0 Å². The van der Waals surface area contributed by atoms with Crippen molar-refractivity contribution in [3.63, 3.8) is 0 Å². The van der Waals surface area contributed by atoms with E-state index in [1.807, 2.05) is 60.1 Å². The molecule has 0 aliphatic heterocycles. The molecule has 0 unspecified atom stereocenters. The first-order valence-corrected chi connectivity index (χ1v) is 9.94. The third kappa shape index (κ3) is 4.29. The highest BCUT2D eigenvalue weighted by Crippen LogP contribution is 2.18. The van der Waals surface area contributed by atoms with Crippen molar-refractivity contribution >= 4 is 39.8 Å². The van der Waals surface area contributed by atoms with E-state index < -0.39 is 0 Å². The molecule has 0 saturated heterocycles. The van der Waals surface area contributed by atoms with Gasteiger partial charge in [0.05, 0.1) is 4.88 Å². The number of fused-ring (bicyclic) bond motifs is 1. The minimum Gasteiger partial charge on any atom is -0.361 e. The molecule has 0 aliphatic carbocycles. The van der Waals surface area contributed by atoms with E-state index in [4.69, 9.17) is 0 Å². The number of benzene rings is 2. The van der Waals surface area contributed by atoms with Crippen LogP contribution in [-0.4, -0.2) is 23.4 Å². The third-order valence-electron chi connectivity index (χ3n) is 4.34. The van der Waals surface area contributed by atoms with E-state index in [0.29, 0.717) is 17.4 Å². The highest BCUT2D eigenvalue weighted by molar-refractivity contribution is 7.12. The van der Waals surface area contributed by atoms with Gasteiger partial charge in [0.25, 0.3) is 5.91 Å². The van der Waals surface area contributed by atoms with Gasteiger partial charge in [-0.1, -0.05) is 42.5 Å². The summed E-state index contributed by atoms with van der Waals surface area (Å²) >= 11 is 1.40. The molecule has 2 heterocycles. The molecule has 28 heavy (non-hydrogen) atoms. The number of para-hydroxylation sites is 2. The molecule has 0 fully saturated rings. The smallest absolute Gasteiger partial charge is 0.268 e. The average molecular weight is 388 g/mol. The molecule has 5 nitrogen and oxygen atoms in total. The lowest BCUT2D eigenvalue weighted by atomic mass is 10.1. The SMILES string of the molecule is O=C(NC(=NCCc1c[nH]c2ccccc12)Nc1ccccc1)c1cccs1. The first-order valence-electron chi connectivity index (χ1n) is 9.06. The summed E-state index contributed by atoms with van der Waals surface area (Å²) in [7, 11) is 0. The van der Waals surface area contributed by atoms with Crippen LogP contribution in [0.4, 0.5) is 5.69 Å². The van der Waals surface area contributed by atoms with Crippen LogP contribution in [0.3, 0.4) is 0 Å². The summed E-state index contributed by atoms with van der Waals surface area (Å²) in [5.41, 5.74) is 3.21. The predicted molar refractivity (Wildman–Crippen MR) is 116 cm³/mol. The standard InChI is InChI=1S/C22H20N4OS/c27-21(20-11-6-14-28-20)26-22(25-17-7-2-1-3-8-17)23-13-12-16-15-24-19-10-5-4-9-18(16)19/h1-11,14-15,24H,12-13H2,(H2,23,25,26,27). The molecule has 4 aromatic rings. The highest BCUT2D eigenvalue weighted by atomic mass is 32.1. The second-order valence-electron chi connectivity index (χ2n) is 6.26. The largest absolute Gasteiger partial charge is 0.361 e. The van der Waals surface area contributed by atoms with Crippen LogP contribution in [0.1, 0.15) is 15.2 Å². The maximum atomic E-state index is 12.4. The number of amides is 1. The number of carbonyl (C=O) groups is 1. The molecule has 0 spiro atoms. The minimum absolute atomic E-state index is 0.163. The van der Waals surface area contributed by atoms with Crippen LogP contribution >= 0.6 is 11.3 Å². The lowest BCUT2D eigenvalue weighted by Gasteiger charge is -2.11. The Morgan fingerprint density at radius 3 is 2.64 bits per heavy atom. The molecule has 0 bridgehead atoms. The number of rotatable bonds is 5. The van der Waals surface area contributed by atoms with E-state index >= 15 is 0 Å². The molecule has 0 atom stereocenters. The van der Waals surface area contributed by atoms with Gasteiger partial charge in [0.1, 0.15) is 0 Å². The predicted octanol–water partition coefficient (Wildman–Crippen LogP) is 4.67. The van der Waals surface area contributed by atoms with Gasteiger partial charge < -0.3 is 10.3 Å². The van der Waals surface area contributed by atoms with Crippen LogP contribution in [0.15, 0.2) is 83.3 Å². The lowest BCUT2D eigenvalue weighted by Crippen LogP contribution is -2.35. The van der Waals surface area contributed by atoms with E-state index in [0.717, 1.165) is 17.6 Å². The number of aromatic nitrogens is 1. The number of aliphatic imine (C=N–C) groups is 1. The zero-order valence-electron chi connectivity index (χ0n) is 15.2. The Balaban J connectivity index is 1.49. The van der Waals surface area contributed by atoms with Crippen LogP contribution in [0, 0.1) is 0 Å². The number of nitrogens with one attached hydrogen (secondary N) is 3. The quantitative estimate of drug-likeness (QED) is 0.343. The van der Waals surface area contributed by atoms with Gasteiger partial charge in [-0.05, 0) is 41.6 Å². The van der Waals surface area contributed by atoms with Crippen molar-refractivity contribution in [2.75, 3.05) is 11.9 Å². The van der Waals surface area contributed by atoms with Gasteiger partial charge >= 0.3 is 0 Å². The number of nitrogens with zero attached hydrogens (tertiary/aromatic N) is 1. The maximum Gasteiger partial charge on any atom is 0.268 e. The topological polar surface area (TPSA) is 69.3 Å². The van der Waals surface area contributed by atoms with Crippen molar-refractivity contribution in [1.82, 2.24) is 10.3 Å². The van der Waals surface area contributed by atoms with E-state index in [2.05, 4.69) is 32.7 Å². The molecule has 0 radical (unpaired) electrons. The first-order chi connectivity index (χ1) is 13.8. The fourth-order valence-electron chi connectivity index (χ4n) is 2.97. The zero-order valence-corrected chi connectivity index (χ0v) is 16.0. The van der Waals surface area contributed by atoms with Gasteiger partial charge in [-0.3, -0.25) is 15.1 Å². The van der Waals surface area contributed by atoms with Crippen molar-refractivity contribution in [2.24, 2.45) is 4.99 Å². The molecular formula is C22H20N4OS. The van der Waals surface area contributed by atoms with Crippen molar-refractivity contribution < 1.29 is 4.79 Å². The summed E-state index contributed by atoms with van der Waals surface area (Å²) in [6, 6.07) is 21.6. The Morgan fingerprint density at radius 2 is 1.82 bits per heavy atom. The summed E-state index contributed by atoms with van der Waals surface area (Å²) < 4.78 is 0. The third-order valence-corrected chi connectivity index (χ3v) is 5.21. The van der Waals surface area contributed by atoms with Gasteiger partial charge in [0, 0.05) is 29.3 Å². The Labute approximate surface area is 167 Å². The highest BCUT2D eigenvalue weighted by Gasteiger charge is 2.10. The summed E-state index contributed by atoms with van der Waals surface area (Å²) in [6.45, 7) is 0.557. The Kier molecular flexibility index (Phi) is 5.49. The molecule has 0 aliphatic rings. The van der Waals surface area contributed by atoms with Crippen LogP contribution in [0.2, 0.25) is 0 Å². The number of H-pyrrole nitrogens is 1. The number of guanidine groups is 1. The number of hydrogen-bond acceptors (Lipinski definition) is 3. The molecule has 0 saturated carbocycles. The fraction of sp³-hybridized carbons (Fsp3) is 0.0909. The normalized spacial score (nSPS) is 11.5. The van der Waals surface area contributed by atoms with Crippen LogP contribution in [-0.2, 0) is 6.42 Å². The maximum absolute atomic E-state index is 12.4. The van der Waals surface area contributed by atoms with Crippen LogP contribution < -0.4 is 10.6 Å². The summed E-state index contributed by atoms with van der Waals surface area (Å²) in [4.78, 5) is 21.0. The van der Waals surface area contributed by atoms with Crippen molar-refractivity contribution in [3.05, 3.63) is 88.7 Å². The second kappa shape index (κ2) is 8.54. The summed E-state index contributed by atoms with van der Waals surface area (Å²) in [6.07, 6.45) is 2.80. The lowest BCUT2D eigenvalue weighted by molar-refractivity contribution is 0.0981. The molecule has 140 valence electrons. The number of aromatic amines is 1. The minimum atomic E-state index is -0.163. The van der Waals surface area contributed by atoms with Crippen molar-refractivity contribution in [2.45, 2.75) is 6.42 Å². The van der Waals surface area contributed by atoms with Crippen molar-refractivity contribution in [3.8, 4) is 0 Å². The number of anilines is 1. The summed E-state index contributed by atoms with van der Waals surface area (Å²) in [5.74, 6) is 0.286. The number of carbonyl (C=O) groups excluding carboxylic acids is 1. The van der Waals surface area contributed by atoms with Gasteiger partial charge in [-0.25, -0.2) is 0 Å². The average Bonchev–Trinajstić information content (AvgIpc) is 3.39. The Hall–Kier alpha value is -3.38. The second-order valence-corrected chi connectivity index (χ2v) is 7.21. The summed E-state index contributed by atoms with van der Waals surface area (Å²) in [5, 5.41) is 9.18. The molecule has 4 rings (SSSR count). The molecule has 2 aromatic heterocycles. The van der Waals surface area contributed by atoms with E-state index in [-0.39, 0.29) is 5.91 Å². The molecular weight excluding hydrogens is 368 g/mol. The number of hydrogen-bond donors (Lipinski definition) is 3. The van der Waals surface area contributed by atoms with E-state index in [9.17, 15) is 4.79 Å². The number of thiophene rings is 1. The van der Waals surface area contributed by atoms with Gasteiger partial charge in [0.2, 0.25) is 5.96 Å². The van der Waals surface area contributed by atoms with Crippen LogP contribution in [0.25, 0.3) is 10.9 Å².